The maximum absolute atomic E-state index is 13.3. The van der Waals surface area contributed by atoms with E-state index in [-0.39, 0.29) is 5.75 Å². The molecule has 0 bridgehead atoms. The Labute approximate surface area is 116 Å². The number of benzene rings is 2. The fourth-order valence-corrected chi connectivity index (χ4v) is 2.38. The zero-order chi connectivity index (χ0) is 14.1. The second-order valence-corrected chi connectivity index (χ2v) is 4.80. The van der Waals surface area contributed by atoms with Crippen molar-refractivity contribution in [3.63, 3.8) is 0 Å². The van der Waals surface area contributed by atoms with Gasteiger partial charge in [-0.2, -0.15) is 0 Å². The fourth-order valence-electron chi connectivity index (χ4n) is 2.38. The minimum Gasteiger partial charge on any atom is -0.505 e. The Kier molecular flexibility index (Phi) is 3.06. The number of phenols is 1. The number of hydrogen-bond acceptors (Lipinski definition) is 2. The van der Waals surface area contributed by atoms with Crippen LogP contribution in [0.1, 0.15) is 5.56 Å². The Bertz CT molecular complexity index is 764. The number of anilines is 1. The summed E-state index contributed by atoms with van der Waals surface area (Å²) < 4.78 is 15.3. The smallest absolute Gasteiger partial charge is 0.166 e. The molecule has 1 heterocycles. The summed E-state index contributed by atoms with van der Waals surface area (Å²) in [6, 6.07) is 12.5. The Morgan fingerprint density at radius 2 is 2.00 bits per heavy atom. The van der Waals surface area contributed by atoms with Crippen LogP contribution in [0.3, 0.4) is 0 Å². The molecule has 4 heteroatoms. The molecule has 3 nitrogen and oxygen atoms in total. The van der Waals surface area contributed by atoms with Crippen molar-refractivity contribution in [2.24, 2.45) is 7.05 Å². The molecule has 3 rings (SSSR count). The van der Waals surface area contributed by atoms with Crippen LogP contribution < -0.4 is 5.32 Å². The molecule has 0 amide bonds. The van der Waals surface area contributed by atoms with Crippen LogP contribution in [0.5, 0.6) is 5.75 Å². The van der Waals surface area contributed by atoms with Crippen LogP contribution in [0.2, 0.25) is 0 Å². The van der Waals surface area contributed by atoms with E-state index in [2.05, 4.69) is 28.2 Å². The van der Waals surface area contributed by atoms with E-state index in [4.69, 9.17) is 5.11 Å². The first-order valence-electron chi connectivity index (χ1n) is 6.40. The van der Waals surface area contributed by atoms with Gasteiger partial charge in [-0.3, -0.25) is 0 Å². The Balaban J connectivity index is 1.85. The summed E-state index contributed by atoms with van der Waals surface area (Å²) in [6.07, 6.45) is 2.06. The standard InChI is InChI=1S/C16H15FN2O/c1-19-10-11(13-4-2-3-5-15(13)19)9-18-12-6-7-16(20)14(17)8-12/h2-8,10,18,20H,9H2,1H3. The molecular weight excluding hydrogens is 255 g/mol. The summed E-state index contributed by atoms with van der Waals surface area (Å²) in [5.41, 5.74) is 2.96. The quantitative estimate of drug-likeness (QED) is 0.713. The minimum absolute atomic E-state index is 0.333. The maximum Gasteiger partial charge on any atom is 0.166 e. The Hall–Kier alpha value is -2.49. The van der Waals surface area contributed by atoms with Gasteiger partial charge in [-0.1, -0.05) is 18.2 Å². The van der Waals surface area contributed by atoms with E-state index in [1.165, 1.54) is 23.0 Å². The second kappa shape index (κ2) is 4.89. The molecule has 0 spiro atoms. The lowest BCUT2D eigenvalue weighted by molar-refractivity contribution is 0.432. The van der Waals surface area contributed by atoms with E-state index < -0.39 is 5.82 Å². The number of aromatic nitrogens is 1. The van der Waals surface area contributed by atoms with Crippen LogP contribution in [0, 0.1) is 5.82 Å². The zero-order valence-corrected chi connectivity index (χ0v) is 11.1. The lowest BCUT2D eigenvalue weighted by Crippen LogP contribution is -1.99. The number of phenolic OH excluding ortho intramolecular Hbond substituents is 1. The Morgan fingerprint density at radius 3 is 2.80 bits per heavy atom. The lowest BCUT2D eigenvalue weighted by Gasteiger charge is -2.06. The number of halogens is 1. The third-order valence-electron chi connectivity index (χ3n) is 3.41. The van der Waals surface area contributed by atoms with Gasteiger partial charge in [0.2, 0.25) is 0 Å². The van der Waals surface area contributed by atoms with Crippen molar-refractivity contribution in [1.29, 1.82) is 0 Å². The minimum atomic E-state index is -0.618. The summed E-state index contributed by atoms with van der Waals surface area (Å²) in [7, 11) is 2.01. The monoisotopic (exact) mass is 270 g/mol. The first-order valence-corrected chi connectivity index (χ1v) is 6.40. The van der Waals surface area contributed by atoms with Gasteiger partial charge in [0.1, 0.15) is 0 Å². The first-order chi connectivity index (χ1) is 9.65. The van der Waals surface area contributed by atoms with E-state index in [0.717, 1.165) is 5.56 Å². The Morgan fingerprint density at radius 1 is 1.20 bits per heavy atom. The molecule has 102 valence electrons. The molecule has 0 atom stereocenters. The predicted molar refractivity (Wildman–Crippen MR) is 78.3 cm³/mol. The van der Waals surface area contributed by atoms with Crippen molar-refractivity contribution < 1.29 is 9.50 Å². The van der Waals surface area contributed by atoms with Crippen LogP contribution in [0.15, 0.2) is 48.7 Å². The number of nitrogens with one attached hydrogen (secondary N) is 1. The van der Waals surface area contributed by atoms with Gasteiger partial charge in [0, 0.05) is 42.4 Å². The van der Waals surface area contributed by atoms with Gasteiger partial charge in [-0.25, -0.2) is 4.39 Å². The van der Waals surface area contributed by atoms with E-state index in [1.54, 1.807) is 6.07 Å². The molecule has 0 fully saturated rings. The topological polar surface area (TPSA) is 37.2 Å². The second-order valence-electron chi connectivity index (χ2n) is 4.80. The normalized spacial score (nSPS) is 10.9. The van der Waals surface area contributed by atoms with E-state index in [9.17, 15) is 4.39 Å². The molecule has 2 N–H and O–H groups in total. The molecule has 0 saturated carbocycles. The average molecular weight is 270 g/mol. The average Bonchev–Trinajstić information content (AvgIpc) is 2.78. The molecule has 0 radical (unpaired) electrons. The number of aryl methyl sites for hydroxylation is 1. The fraction of sp³-hybridized carbons (Fsp3) is 0.125. The molecule has 0 aliphatic heterocycles. The van der Waals surface area contributed by atoms with Gasteiger partial charge in [0.15, 0.2) is 11.6 Å². The molecule has 3 aromatic rings. The molecule has 20 heavy (non-hydrogen) atoms. The van der Waals surface area contributed by atoms with Gasteiger partial charge < -0.3 is 15.0 Å². The van der Waals surface area contributed by atoms with Gasteiger partial charge in [0.25, 0.3) is 0 Å². The molecule has 0 saturated heterocycles. The molecule has 0 aliphatic rings. The van der Waals surface area contributed by atoms with Crippen molar-refractivity contribution in [3.05, 3.63) is 60.0 Å². The van der Waals surface area contributed by atoms with Gasteiger partial charge in [-0.05, 0) is 23.8 Å². The highest BCUT2D eigenvalue weighted by atomic mass is 19.1. The van der Waals surface area contributed by atoms with Crippen LogP contribution >= 0.6 is 0 Å². The largest absolute Gasteiger partial charge is 0.505 e. The van der Waals surface area contributed by atoms with E-state index in [1.807, 2.05) is 19.2 Å². The number of rotatable bonds is 3. The highest BCUT2D eigenvalue weighted by molar-refractivity contribution is 5.84. The zero-order valence-electron chi connectivity index (χ0n) is 11.1. The third-order valence-corrected chi connectivity index (χ3v) is 3.41. The van der Waals surface area contributed by atoms with Crippen molar-refractivity contribution in [1.82, 2.24) is 4.57 Å². The van der Waals surface area contributed by atoms with Gasteiger partial charge >= 0.3 is 0 Å². The van der Waals surface area contributed by atoms with Crippen molar-refractivity contribution in [2.45, 2.75) is 6.54 Å². The number of para-hydroxylation sites is 1. The van der Waals surface area contributed by atoms with Crippen molar-refractivity contribution in [3.8, 4) is 5.75 Å². The number of hydrogen-bond donors (Lipinski definition) is 2. The summed E-state index contributed by atoms with van der Waals surface area (Å²) in [5.74, 6) is -0.950. The highest BCUT2D eigenvalue weighted by Crippen LogP contribution is 2.23. The third kappa shape index (κ3) is 2.20. The summed E-state index contributed by atoms with van der Waals surface area (Å²) in [4.78, 5) is 0. The lowest BCUT2D eigenvalue weighted by atomic mass is 10.1. The number of fused-ring (bicyclic) bond motifs is 1. The van der Waals surface area contributed by atoms with Crippen molar-refractivity contribution in [2.75, 3.05) is 5.32 Å². The van der Waals surface area contributed by atoms with Crippen LogP contribution in [0.4, 0.5) is 10.1 Å². The van der Waals surface area contributed by atoms with Crippen molar-refractivity contribution >= 4 is 16.6 Å². The van der Waals surface area contributed by atoms with Crippen LogP contribution in [-0.2, 0) is 13.6 Å². The number of nitrogens with zero attached hydrogens (tertiary/aromatic N) is 1. The molecule has 0 unspecified atom stereocenters. The SMILES string of the molecule is Cn1cc(CNc2ccc(O)c(F)c2)c2ccccc21. The number of aromatic hydroxyl groups is 1. The summed E-state index contributed by atoms with van der Waals surface area (Å²) >= 11 is 0. The summed E-state index contributed by atoms with van der Waals surface area (Å²) in [6.45, 7) is 0.603. The highest BCUT2D eigenvalue weighted by Gasteiger charge is 2.06. The van der Waals surface area contributed by atoms with E-state index >= 15 is 0 Å². The van der Waals surface area contributed by atoms with Gasteiger partial charge in [0.05, 0.1) is 0 Å². The molecule has 2 aromatic carbocycles. The maximum atomic E-state index is 13.3. The van der Waals surface area contributed by atoms with Crippen LogP contribution in [-0.4, -0.2) is 9.67 Å². The molecule has 1 aromatic heterocycles. The first kappa shape index (κ1) is 12.5. The van der Waals surface area contributed by atoms with Gasteiger partial charge in [-0.15, -0.1) is 0 Å². The molecular formula is C16H15FN2O. The predicted octanol–water partition coefficient (Wildman–Crippen LogP) is 3.64. The molecule has 0 aliphatic carbocycles. The van der Waals surface area contributed by atoms with Crippen LogP contribution in [0.25, 0.3) is 10.9 Å². The van der Waals surface area contributed by atoms with E-state index in [0.29, 0.717) is 12.2 Å². The summed E-state index contributed by atoms with van der Waals surface area (Å²) in [5, 5.41) is 13.5.